The molecule has 0 unspecified atom stereocenters. The summed E-state index contributed by atoms with van der Waals surface area (Å²) in [5.41, 5.74) is 1.87. The SMILES string of the molecule is CN(CC1(CO)CCOCC1)C(=O)c1cc2c(n(C)c1=O)CCCC2. The molecule has 1 saturated heterocycles. The molecule has 0 bridgehead atoms. The molecule has 0 radical (unpaired) electrons. The lowest BCUT2D eigenvalue weighted by Crippen LogP contribution is -2.46. The number of ether oxygens (including phenoxy) is 1. The molecule has 25 heavy (non-hydrogen) atoms. The van der Waals surface area contributed by atoms with E-state index in [1.165, 1.54) is 0 Å². The van der Waals surface area contributed by atoms with Gasteiger partial charge in [0.05, 0.1) is 6.61 Å². The van der Waals surface area contributed by atoms with Gasteiger partial charge in [-0.25, -0.2) is 0 Å². The van der Waals surface area contributed by atoms with Gasteiger partial charge in [-0.05, 0) is 50.2 Å². The van der Waals surface area contributed by atoms with Gasteiger partial charge < -0.3 is 19.3 Å². The highest BCUT2D eigenvalue weighted by Gasteiger charge is 2.35. The summed E-state index contributed by atoms with van der Waals surface area (Å²) < 4.78 is 7.03. The van der Waals surface area contributed by atoms with Gasteiger partial charge in [-0.2, -0.15) is 0 Å². The summed E-state index contributed by atoms with van der Waals surface area (Å²) in [6, 6.07) is 1.80. The fourth-order valence-electron chi connectivity index (χ4n) is 4.09. The molecule has 1 N–H and O–H groups in total. The summed E-state index contributed by atoms with van der Waals surface area (Å²) in [6.07, 6.45) is 5.47. The molecule has 1 aliphatic heterocycles. The minimum Gasteiger partial charge on any atom is -0.396 e. The largest absolute Gasteiger partial charge is 0.396 e. The van der Waals surface area contributed by atoms with Gasteiger partial charge in [0.2, 0.25) is 0 Å². The maximum Gasteiger partial charge on any atom is 0.263 e. The highest BCUT2D eigenvalue weighted by atomic mass is 16.5. The van der Waals surface area contributed by atoms with E-state index in [2.05, 4.69) is 0 Å². The average Bonchev–Trinajstić information content (AvgIpc) is 2.64. The van der Waals surface area contributed by atoms with E-state index in [1.54, 1.807) is 29.6 Å². The van der Waals surface area contributed by atoms with Crippen LogP contribution >= 0.6 is 0 Å². The summed E-state index contributed by atoms with van der Waals surface area (Å²) in [4.78, 5) is 27.2. The number of fused-ring (bicyclic) bond motifs is 1. The number of aliphatic hydroxyl groups is 1. The predicted molar refractivity (Wildman–Crippen MR) is 94.9 cm³/mol. The van der Waals surface area contributed by atoms with Crippen LogP contribution in [0.25, 0.3) is 0 Å². The second-order valence-electron chi connectivity index (χ2n) is 7.53. The molecular weight excluding hydrogens is 320 g/mol. The Labute approximate surface area is 148 Å². The first-order valence-corrected chi connectivity index (χ1v) is 9.13. The Balaban J connectivity index is 1.85. The molecule has 2 heterocycles. The molecule has 2 aliphatic rings. The molecule has 1 aromatic heterocycles. The molecule has 6 nitrogen and oxygen atoms in total. The lowest BCUT2D eigenvalue weighted by Gasteiger charge is -2.38. The number of carbonyl (C=O) groups excluding carboxylic acids is 1. The van der Waals surface area contributed by atoms with Gasteiger partial charge in [0, 0.05) is 45.0 Å². The first-order valence-electron chi connectivity index (χ1n) is 9.13. The lowest BCUT2D eigenvalue weighted by atomic mass is 9.80. The van der Waals surface area contributed by atoms with Crippen molar-refractivity contribution in [2.75, 3.05) is 33.4 Å². The number of hydrogen-bond acceptors (Lipinski definition) is 4. The minimum absolute atomic E-state index is 0.0240. The highest BCUT2D eigenvalue weighted by molar-refractivity contribution is 5.94. The maximum absolute atomic E-state index is 12.9. The molecule has 138 valence electrons. The second kappa shape index (κ2) is 7.30. The Morgan fingerprint density at radius 1 is 1.32 bits per heavy atom. The molecule has 0 atom stereocenters. The van der Waals surface area contributed by atoms with Crippen LogP contribution in [0.4, 0.5) is 0 Å². The number of aromatic nitrogens is 1. The van der Waals surface area contributed by atoms with Crippen molar-refractivity contribution < 1.29 is 14.6 Å². The maximum atomic E-state index is 12.9. The van der Waals surface area contributed by atoms with Gasteiger partial charge in [0.1, 0.15) is 5.56 Å². The number of hydrogen-bond donors (Lipinski definition) is 1. The zero-order valence-corrected chi connectivity index (χ0v) is 15.2. The van der Waals surface area contributed by atoms with Gasteiger partial charge in [-0.15, -0.1) is 0 Å². The Morgan fingerprint density at radius 3 is 2.68 bits per heavy atom. The first kappa shape index (κ1) is 18.1. The van der Waals surface area contributed by atoms with E-state index in [9.17, 15) is 14.7 Å². The van der Waals surface area contributed by atoms with Crippen molar-refractivity contribution in [1.29, 1.82) is 0 Å². The number of aliphatic hydroxyl groups excluding tert-OH is 1. The Kier molecular flexibility index (Phi) is 5.29. The summed E-state index contributed by atoms with van der Waals surface area (Å²) >= 11 is 0. The molecule has 1 aliphatic carbocycles. The van der Waals surface area contributed by atoms with Crippen LogP contribution in [0.2, 0.25) is 0 Å². The van der Waals surface area contributed by atoms with E-state index < -0.39 is 0 Å². The molecule has 1 fully saturated rings. The molecular formula is C19H28N2O4. The van der Waals surface area contributed by atoms with Gasteiger partial charge in [0.15, 0.2) is 0 Å². The summed E-state index contributed by atoms with van der Waals surface area (Å²) in [7, 11) is 3.48. The van der Waals surface area contributed by atoms with Crippen molar-refractivity contribution in [3.8, 4) is 0 Å². The number of carbonyl (C=O) groups is 1. The van der Waals surface area contributed by atoms with Gasteiger partial charge in [0.25, 0.3) is 11.5 Å². The monoisotopic (exact) mass is 348 g/mol. The third-order valence-corrected chi connectivity index (χ3v) is 5.78. The van der Waals surface area contributed by atoms with Crippen molar-refractivity contribution in [3.05, 3.63) is 33.2 Å². The van der Waals surface area contributed by atoms with Crippen LogP contribution < -0.4 is 5.56 Å². The summed E-state index contributed by atoms with van der Waals surface area (Å²) in [6.45, 7) is 1.66. The number of rotatable bonds is 4. The normalized spacial score (nSPS) is 19.3. The smallest absolute Gasteiger partial charge is 0.263 e. The molecule has 0 saturated carbocycles. The molecule has 0 spiro atoms. The average molecular weight is 348 g/mol. The van der Waals surface area contributed by atoms with Crippen molar-refractivity contribution in [3.63, 3.8) is 0 Å². The number of aryl methyl sites for hydroxylation is 1. The Morgan fingerprint density at radius 2 is 2.00 bits per heavy atom. The van der Waals surface area contributed by atoms with Crippen LogP contribution in [0.5, 0.6) is 0 Å². The van der Waals surface area contributed by atoms with E-state index in [0.717, 1.165) is 49.8 Å². The van der Waals surface area contributed by atoms with Crippen LogP contribution in [0, 0.1) is 5.41 Å². The predicted octanol–water partition coefficient (Wildman–Crippen LogP) is 1.13. The molecule has 3 rings (SSSR count). The number of nitrogens with zero attached hydrogens (tertiary/aromatic N) is 2. The van der Waals surface area contributed by atoms with E-state index >= 15 is 0 Å². The van der Waals surface area contributed by atoms with Crippen molar-refractivity contribution in [2.45, 2.75) is 38.5 Å². The van der Waals surface area contributed by atoms with Crippen LogP contribution in [0.15, 0.2) is 10.9 Å². The van der Waals surface area contributed by atoms with Crippen LogP contribution in [-0.2, 0) is 24.6 Å². The van der Waals surface area contributed by atoms with Crippen molar-refractivity contribution in [2.24, 2.45) is 12.5 Å². The fourth-order valence-corrected chi connectivity index (χ4v) is 4.09. The van der Waals surface area contributed by atoms with E-state index in [0.29, 0.717) is 19.8 Å². The number of pyridine rings is 1. The van der Waals surface area contributed by atoms with Crippen molar-refractivity contribution in [1.82, 2.24) is 9.47 Å². The van der Waals surface area contributed by atoms with Gasteiger partial charge in [-0.1, -0.05) is 0 Å². The van der Waals surface area contributed by atoms with Crippen LogP contribution in [-0.4, -0.2) is 53.9 Å². The zero-order chi connectivity index (χ0) is 18.0. The van der Waals surface area contributed by atoms with Gasteiger partial charge >= 0.3 is 0 Å². The van der Waals surface area contributed by atoms with Gasteiger partial charge in [-0.3, -0.25) is 9.59 Å². The topological polar surface area (TPSA) is 71.8 Å². The molecule has 1 aromatic rings. The first-order chi connectivity index (χ1) is 12.0. The summed E-state index contributed by atoms with van der Waals surface area (Å²) in [5, 5.41) is 9.84. The van der Waals surface area contributed by atoms with Crippen LogP contribution in [0.3, 0.4) is 0 Å². The third-order valence-electron chi connectivity index (χ3n) is 5.78. The Bertz CT molecular complexity index is 704. The number of amides is 1. The molecule has 0 aromatic carbocycles. The highest BCUT2D eigenvalue weighted by Crippen LogP contribution is 2.31. The zero-order valence-electron chi connectivity index (χ0n) is 15.2. The molecule has 6 heteroatoms. The van der Waals surface area contributed by atoms with Crippen molar-refractivity contribution >= 4 is 5.91 Å². The quantitative estimate of drug-likeness (QED) is 0.885. The van der Waals surface area contributed by atoms with E-state index in [4.69, 9.17) is 4.74 Å². The van der Waals surface area contributed by atoms with E-state index in [-0.39, 0.29) is 29.1 Å². The lowest BCUT2D eigenvalue weighted by molar-refractivity contribution is -0.0282. The summed E-state index contributed by atoms with van der Waals surface area (Å²) in [5.74, 6) is -0.256. The fraction of sp³-hybridized carbons (Fsp3) is 0.684. The molecule has 1 amide bonds. The van der Waals surface area contributed by atoms with E-state index in [1.807, 2.05) is 0 Å². The minimum atomic E-state index is -0.331. The Hall–Kier alpha value is -1.66. The standard InChI is InChI=1S/C19H28N2O4/c1-20(12-19(13-22)7-9-25-10-8-19)17(23)15-11-14-5-3-4-6-16(14)21(2)18(15)24/h11,22H,3-10,12-13H2,1-2H3. The second-order valence-corrected chi connectivity index (χ2v) is 7.53. The third kappa shape index (κ3) is 3.51. The van der Waals surface area contributed by atoms with Crippen LogP contribution in [0.1, 0.15) is 47.3 Å².